The van der Waals surface area contributed by atoms with E-state index >= 15 is 0 Å². The van der Waals surface area contributed by atoms with E-state index in [-0.39, 0.29) is 0 Å². The van der Waals surface area contributed by atoms with Gasteiger partial charge in [0.2, 0.25) is 0 Å². The predicted octanol–water partition coefficient (Wildman–Crippen LogP) is 10.0. The fourth-order valence-corrected chi connectivity index (χ4v) is 5.12. The molecule has 0 spiro atoms. The lowest BCUT2D eigenvalue weighted by molar-refractivity contribution is 0.857. The highest BCUT2D eigenvalue weighted by molar-refractivity contribution is 5.74. The van der Waals surface area contributed by atoms with Gasteiger partial charge in [-0.2, -0.15) is 0 Å². The lowest BCUT2D eigenvalue weighted by atomic mass is 9.97. The highest BCUT2D eigenvalue weighted by atomic mass is 14.2. The Morgan fingerprint density at radius 2 is 1.17 bits per heavy atom. The lowest BCUT2D eigenvalue weighted by Crippen LogP contribution is -1.90. The van der Waals surface area contributed by atoms with Crippen molar-refractivity contribution in [1.29, 1.82) is 0 Å². The number of hydrogen-bond donors (Lipinski definition) is 0. The van der Waals surface area contributed by atoms with Gasteiger partial charge in [0.15, 0.2) is 0 Å². The zero-order valence-electron chi connectivity index (χ0n) is 23.0. The molecule has 0 fully saturated rings. The molecule has 0 N–H and O–H groups in total. The van der Waals surface area contributed by atoms with Crippen LogP contribution in [0.25, 0.3) is 17.7 Å². The lowest BCUT2D eigenvalue weighted by Gasteiger charge is -2.08. The summed E-state index contributed by atoms with van der Waals surface area (Å²) in [5.41, 5.74) is 13.2. The first-order valence-corrected chi connectivity index (χ1v) is 13.7. The van der Waals surface area contributed by atoms with Gasteiger partial charge in [-0.15, -0.1) is 0 Å². The summed E-state index contributed by atoms with van der Waals surface area (Å²) in [7, 11) is 0. The van der Waals surface area contributed by atoms with E-state index in [1.165, 1.54) is 50.1 Å². The van der Waals surface area contributed by atoms with Gasteiger partial charge in [-0.25, -0.2) is 0 Å². The SMILES string of the molecule is CC(C)C1=CCc2ccccc21.CC(C)c1ccc2c(c1)C=CC2.CC(C)c1ccc2c(c1)CC=C2. The van der Waals surface area contributed by atoms with Crippen LogP contribution in [0.1, 0.15) is 97.9 Å². The van der Waals surface area contributed by atoms with Crippen LogP contribution in [0.3, 0.4) is 0 Å². The van der Waals surface area contributed by atoms with E-state index < -0.39 is 0 Å². The Morgan fingerprint density at radius 3 is 1.89 bits per heavy atom. The van der Waals surface area contributed by atoms with Crippen molar-refractivity contribution in [2.24, 2.45) is 5.92 Å². The largest absolute Gasteiger partial charge is 0.0795 e. The highest BCUT2D eigenvalue weighted by Crippen LogP contribution is 2.32. The average Bonchev–Trinajstić information content (AvgIpc) is 3.62. The van der Waals surface area contributed by atoms with Crippen LogP contribution in [0.5, 0.6) is 0 Å². The predicted molar refractivity (Wildman–Crippen MR) is 159 cm³/mol. The van der Waals surface area contributed by atoms with Gasteiger partial charge in [0.1, 0.15) is 0 Å². The summed E-state index contributed by atoms with van der Waals surface area (Å²) in [6.07, 6.45) is 14.6. The van der Waals surface area contributed by atoms with Gasteiger partial charge >= 0.3 is 0 Å². The number of benzene rings is 3. The van der Waals surface area contributed by atoms with Crippen LogP contribution in [-0.4, -0.2) is 0 Å². The minimum absolute atomic E-state index is 0.643. The van der Waals surface area contributed by atoms with E-state index in [9.17, 15) is 0 Å². The first kappa shape index (κ1) is 26.0. The van der Waals surface area contributed by atoms with Gasteiger partial charge in [-0.05, 0) is 87.1 Å². The summed E-state index contributed by atoms with van der Waals surface area (Å²) in [6, 6.07) is 22.3. The molecule has 186 valence electrons. The van der Waals surface area contributed by atoms with Crippen LogP contribution < -0.4 is 0 Å². The molecule has 3 aliphatic carbocycles. The Kier molecular flexibility index (Phi) is 8.47. The van der Waals surface area contributed by atoms with Crippen molar-refractivity contribution in [2.45, 2.75) is 72.6 Å². The molecule has 0 saturated heterocycles. The second-order valence-corrected chi connectivity index (χ2v) is 11.1. The number of fused-ring (bicyclic) bond motifs is 3. The fraction of sp³-hybridized carbons (Fsp3) is 0.333. The molecule has 0 heteroatoms. The van der Waals surface area contributed by atoms with Crippen LogP contribution in [0, 0.1) is 5.92 Å². The third kappa shape index (κ3) is 6.16. The molecule has 0 radical (unpaired) electrons. The Bertz CT molecular complexity index is 1280. The maximum absolute atomic E-state index is 2.36. The van der Waals surface area contributed by atoms with Gasteiger partial charge < -0.3 is 0 Å². The third-order valence-electron chi connectivity index (χ3n) is 7.43. The fourth-order valence-electron chi connectivity index (χ4n) is 5.12. The van der Waals surface area contributed by atoms with E-state index in [0.717, 1.165) is 19.3 Å². The molecule has 0 nitrogen and oxygen atoms in total. The molecular weight excluding hydrogens is 432 g/mol. The van der Waals surface area contributed by atoms with Crippen LogP contribution in [-0.2, 0) is 19.3 Å². The standard InChI is InChI=1S/3C12H14/c2*1-9(2)11-7-6-10-4-3-5-12(10)8-11;1-9(2)11-8-7-10-5-3-4-6-12(10)11/h3,5-9H,4H2,1-2H3;3-4,6-9H,5H2,1-2H3;3-6,8-9H,7H2,1-2H3. The first-order valence-electron chi connectivity index (χ1n) is 13.7. The van der Waals surface area contributed by atoms with E-state index in [0.29, 0.717) is 17.8 Å². The molecular formula is C36H42. The second kappa shape index (κ2) is 11.7. The zero-order valence-corrected chi connectivity index (χ0v) is 23.0. The van der Waals surface area contributed by atoms with Crippen molar-refractivity contribution in [2.75, 3.05) is 0 Å². The number of rotatable bonds is 3. The molecule has 0 saturated carbocycles. The molecule has 0 aromatic heterocycles. The molecule has 0 aliphatic heterocycles. The van der Waals surface area contributed by atoms with Crippen LogP contribution in [0.4, 0.5) is 0 Å². The van der Waals surface area contributed by atoms with Crippen LogP contribution in [0.2, 0.25) is 0 Å². The Hall–Kier alpha value is -3.12. The topological polar surface area (TPSA) is 0 Å². The Morgan fingerprint density at radius 1 is 0.528 bits per heavy atom. The van der Waals surface area contributed by atoms with E-state index in [1.54, 1.807) is 0 Å². The van der Waals surface area contributed by atoms with Crippen molar-refractivity contribution in [3.05, 3.63) is 123 Å². The molecule has 0 heterocycles. The van der Waals surface area contributed by atoms with Gasteiger partial charge in [-0.3, -0.25) is 0 Å². The minimum atomic E-state index is 0.643. The summed E-state index contributed by atoms with van der Waals surface area (Å²) >= 11 is 0. The summed E-state index contributed by atoms with van der Waals surface area (Å²) in [5.74, 6) is 1.95. The smallest absolute Gasteiger partial charge is 0.00853 e. The van der Waals surface area contributed by atoms with Gasteiger partial charge in [0, 0.05) is 0 Å². The number of hydrogen-bond acceptors (Lipinski definition) is 0. The molecule has 0 bridgehead atoms. The highest BCUT2D eigenvalue weighted by Gasteiger charge is 2.15. The van der Waals surface area contributed by atoms with E-state index in [4.69, 9.17) is 0 Å². The van der Waals surface area contributed by atoms with Crippen molar-refractivity contribution in [3.63, 3.8) is 0 Å². The maximum Gasteiger partial charge on any atom is -0.00853 e. The molecule has 0 atom stereocenters. The molecule has 3 aromatic rings. The summed E-state index contributed by atoms with van der Waals surface area (Å²) in [5, 5.41) is 0. The van der Waals surface area contributed by atoms with Gasteiger partial charge in [0.05, 0.1) is 0 Å². The van der Waals surface area contributed by atoms with Crippen molar-refractivity contribution >= 4 is 17.7 Å². The zero-order chi connectivity index (χ0) is 25.7. The molecule has 36 heavy (non-hydrogen) atoms. The Labute approximate surface area is 219 Å². The second-order valence-electron chi connectivity index (χ2n) is 11.1. The quantitative estimate of drug-likeness (QED) is 0.354. The molecule has 0 unspecified atom stereocenters. The first-order chi connectivity index (χ1) is 17.3. The van der Waals surface area contributed by atoms with Crippen molar-refractivity contribution < 1.29 is 0 Å². The van der Waals surface area contributed by atoms with Crippen LogP contribution in [0.15, 0.2) is 78.9 Å². The normalized spacial score (nSPS) is 14.2. The monoisotopic (exact) mass is 474 g/mol. The molecule has 0 amide bonds. The average molecular weight is 475 g/mol. The van der Waals surface area contributed by atoms with Gasteiger partial charge in [-0.1, -0.05) is 133 Å². The summed E-state index contributed by atoms with van der Waals surface area (Å²) < 4.78 is 0. The third-order valence-corrected chi connectivity index (χ3v) is 7.43. The number of allylic oxidation sites excluding steroid dienone is 4. The van der Waals surface area contributed by atoms with Crippen molar-refractivity contribution in [1.82, 2.24) is 0 Å². The minimum Gasteiger partial charge on any atom is -0.0795 e. The maximum atomic E-state index is 2.36. The molecule has 3 aromatic carbocycles. The molecule has 3 aliphatic rings. The van der Waals surface area contributed by atoms with Crippen molar-refractivity contribution in [3.8, 4) is 0 Å². The van der Waals surface area contributed by atoms with Gasteiger partial charge in [0.25, 0.3) is 0 Å². The Balaban J connectivity index is 0.000000127. The molecule has 6 rings (SSSR count). The summed E-state index contributed by atoms with van der Waals surface area (Å²) in [4.78, 5) is 0. The van der Waals surface area contributed by atoms with Crippen LogP contribution >= 0.6 is 0 Å². The van der Waals surface area contributed by atoms with E-state index in [2.05, 4.69) is 133 Å². The summed E-state index contributed by atoms with van der Waals surface area (Å²) in [6.45, 7) is 13.5. The van der Waals surface area contributed by atoms with E-state index in [1.807, 2.05) is 0 Å².